The van der Waals surface area contributed by atoms with Gasteiger partial charge in [-0.2, -0.15) is 0 Å². The van der Waals surface area contributed by atoms with E-state index in [0.717, 1.165) is 6.42 Å². The molecule has 0 radical (unpaired) electrons. The third-order valence-electron chi connectivity index (χ3n) is 2.17. The number of anilines is 1. The fourth-order valence-corrected chi connectivity index (χ4v) is 2.40. The molecule has 7 heteroatoms. The molecule has 0 aliphatic heterocycles. The maximum atomic E-state index is 11.8. The largest absolute Gasteiger partial charge is 0.384 e. The minimum Gasteiger partial charge on any atom is -0.384 e. The molecule has 0 aliphatic carbocycles. The van der Waals surface area contributed by atoms with Gasteiger partial charge in [0.05, 0.1) is 4.90 Å². The monoisotopic (exact) mass is 273 g/mol. The molecule has 0 spiro atoms. The second kappa shape index (κ2) is 7.30. The van der Waals surface area contributed by atoms with Gasteiger partial charge in [0.2, 0.25) is 10.0 Å². The van der Waals surface area contributed by atoms with Crippen molar-refractivity contribution in [3.05, 3.63) is 18.3 Å². The van der Waals surface area contributed by atoms with Gasteiger partial charge in [0.15, 0.2) is 0 Å². The van der Waals surface area contributed by atoms with E-state index < -0.39 is 10.0 Å². The lowest BCUT2D eigenvalue weighted by Crippen LogP contribution is -2.25. The van der Waals surface area contributed by atoms with Gasteiger partial charge >= 0.3 is 0 Å². The summed E-state index contributed by atoms with van der Waals surface area (Å²) < 4.78 is 31.4. The Bertz CT molecular complexity index is 462. The number of nitrogens with one attached hydrogen (secondary N) is 1. The van der Waals surface area contributed by atoms with E-state index in [-0.39, 0.29) is 10.7 Å². The van der Waals surface area contributed by atoms with Crippen molar-refractivity contribution in [3.63, 3.8) is 0 Å². The van der Waals surface area contributed by atoms with Crippen LogP contribution in [0.5, 0.6) is 0 Å². The van der Waals surface area contributed by atoms with Gasteiger partial charge in [0.1, 0.15) is 5.82 Å². The van der Waals surface area contributed by atoms with Crippen molar-refractivity contribution in [1.29, 1.82) is 0 Å². The van der Waals surface area contributed by atoms with Crippen LogP contribution in [0.4, 0.5) is 5.82 Å². The molecule has 0 bridgehead atoms. The number of nitrogens with two attached hydrogens (primary N) is 1. The summed E-state index contributed by atoms with van der Waals surface area (Å²) in [4.78, 5) is 3.88. The lowest BCUT2D eigenvalue weighted by molar-refractivity contribution is 0.133. The molecule has 1 rings (SSSR count). The Morgan fingerprint density at radius 2 is 2.22 bits per heavy atom. The van der Waals surface area contributed by atoms with Crippen molar-refractivity contribution < 1.29 is 13.2 Å². The van der Waals surface area contributed by atoms with E-state index in [0.29, 0.717) is 26.2 Å². The zero-order valence-corrected chi connectivity index (χ0v) is 11.2. The Balaban J connectivity index is 2.41. The van der Waals surface area contributed by atoms with Gasteiger partial charge in [0, 0.05) is 32.0 Å². The molecule has 6 nitrogen and oxygen atoms in total. The van der Waals surface area contributed by atoms with Crippen LogP contribution in [0.2, 0.25) is 0 Å². The van der Waals surface area contributed by atoms with E-state index in [4.69, 9.17) is 10.5 Å². The highest BCUT2D eigenvalue weighted by Crippen LogP contribution is 2.09. The van der Waals surface area contributed by atoms with Crippen molar-refractivity contribution in [1.82, 2.24) is 9.71 Å². The number of nitrogen functional groups attached to an aromatic ring is 1. The summed E-state index contributed by atoms with van der Waals surface area (Å²) in [5.74, 6) is 0.184. The maximum absolute atomic E-state index is 11.8. The predicted octanol–water partition coefficient (Wildman–Crippen LogP) is 0.759. The minimum atomic E-state index is -3.50. The quantitative estimate of drug-likeness (QED) is 0.682. The van der Waals surface area contributed by atoms with E-state index in [2.05, 4.69) is 9.71 Å². The molecule has 1 aromatic heterocycles. The van der Waals surface area contributed by atoms with Crippen LogP contribution in [0.3, 0.4) is 0 Å². The van der Waals surface area contributed by atoms with Crippen LogP contribution in [0, 0.1) is 0 Å². The summed E-state index contributed by atoms with van der Waals surface area (Å²) in [6.07, 6.45) is 2.97. The lowest BCUT2D eigenvalue weighted by atomic mass is 10.4. The molecule has 1 aromatic rings. The fraction of sp³-hybridized carbons (Fsp3) is 0.545. The Morgan fingerprint density at radius 1 is 1.44 bits per heavy atom. The van der Waals surface area contributed by atoms with Crippen LogP contribution in [0.15, 0.2) is 23.2 Å². The Labute approximate surface area is 108 Å². The Morgan fingerprint density at radius 3 is 2.89 bits per heavy atom. The van der Waals surface area contributed by atoms with E-state index in [1.807, 2.05) is 6.92 Å². The first-order valence-electron chi connectivity index (χ1n) is 5.85. The zero-order chi connectivity index (χ0) is 13.4. The van der Waals surface area contributed by atoms with Crippen molar-refractivity contribution in [3.8, 4) is 0 Å². The maximum Gasteiger partial charge on any atom is 0.240 e. The fourth-order valence-electron chi connectivity index (χ4n) is 1.31. The molecule has 1 heterocycles. The van der Waals surface area contributed by atoms with Gasteiger partial charge in [0.25, 0.3) is 0 Å². The van der Waals surface area contributed by atoms with Gasteiger partial charge in [-0.05, 0) is 18.9 Å². The molecule has 0 aliphatic rings. The van der Waals surface area contributed by atoms with Gasteiger partial charge < -0.3 is 10.5 Å². The third-order valence-corrected chi connectivity index (χ3v) is 3.63. The van der Waals surface area contributed by atoms with Crippen LogP contribution in [-0.4, -0.2) is 33.2 Å². The van der Waals surface area contributed by atoms with Crippen molar-refractivity contribution in [2.45, 2.75) is 24.7 Å². The van der Waals surface area contributed by atoms with Gasteiger partial charge in [-0.3, -0.25) is 0 Å². The normalized spacial score (nSPS) is 11.6. The first-order chi connectivity index (χ1) is 8.56. The third kappa shape index (κ3) is 4.99. The number of aromatic nitrogens is 1. The van der Waals surface area contributed by atoms with Crippen molar-refractivity contribution in [2.75, 3.05) is 25.5 Å². The summed E-state index contributed by atoms with van der Waals surface area (Å²) in [5.41, 5.74) is 5.44. The van der Waals surface area contributed by atoms with Gasteiger partial charge in [-0.15, -0.1) is 0 Å². The Hall–Kier alpha value is -1.18. The summed E-state index contributed by atoms with van der Waals surface area (Å²) in [5, 5.41) is 0. The average Bonchev–Trinajstić information content (AvgIpc) is 2.33. The highest BCUT2D eigenvalue weighted by atomic mass is 32.2. The topological polar surface area (TPSA) is 94.3 Å². The van der Waals surface area contributed by atoms with Crippen LogP contribution >= 0.6 is 0 Å². The number of hydrogen-bond donors (Lipinski definition) is 2. The van der Waals surface area contributed by atoms with Crippen molar-refractivity contribution in [2.24, 2.45) is 0 Å². The Kier molecular flexibility index (Phi) is 6.03. The molecular weight excluding hydrogens is 254 g/mol. The van der Waals surface area contributed by atoms with E-state index in [1.165, 1.54) is 18.3 Å². The molecule has 0 saturated heterocycles. The SMILES string of the molecule is CCCOCCCNS(=O)(=O)c1ccnc(N)c1. The molecule has 0 unspecified atom stereocenters. The van der Waals surface area contributed by atoms with Gasteiger partial charge in [-0.25, -0.2) is 18.1 Å². The van der Waals surface area contributed by atoms with Crippen LogP contribution in [0.25, 0.3) is 0 Å². The highest BCUT2D eigenvalue weighted by molar-refractivity contribution is 7.89. The summed E-state index contributed by atoms with van der Waals surface area (Å²) in [6.45, 7) is 3.62. The summed E-state index contributed by atoms with van der Waals surface area (Å²) in [6, 6.07) is 2.74. The second-order valence-corrected chi connectivity index (χ2v) is 5.55. The molecule has 18 heavy (non-hydrogen) atoms. The number of nitrogens with zero attached hydrogens (tertiary/aromatic N) is 1. The zero-order valence-electron chi connectivity index (χ0n) is 10.4. The molecule has 0 aromatic carbocycles. The van der Waals surface area contributed by atoms with Crippen molar-refractivity contribution >= 4 is 15.8 Å². The molecule has 102 valence electrons. The highest BCUT2D eigenvalue weighted by Gasteiger charge is 2.13. The van der Waals surface area contributed by atoms with Crippen LogP contribution < -0.4 is 10.5 Å². The minimum absolute atomic E-state index is 0.129. The van der Waals surface area contributed by atoms with Gasteiger partial charge in [-0.1, -0.05) is 6.92 Å². The molecule has 0 amide bonds. The molecule has 0 fully saturated rings. The number of pyridine rings is 1. The first kappa shape index (κ1) is 14.9. The van der Waals surface area contributed by atoms with Crippen LogP contribution in [-0.2, 0) is 14.8 Å². The molecule has 0 saturated carbocycles. The number of sulfonamides is 1. The number of rotatable bonds is 8. The predicted molar refractivity (Wildman–Crippen MR) is 69.6 cm³/mol. The second-order valence-electron chi connectivity index (χ2n) is 3.78. The lowest BCUT2D eigenvalue weighted by Gasteiger charge is -2.07. The molecule has 3 N–H and O–H groups in total. The summed E-state index contributed by atoms with van der Waals surface area (Å²) >= 11 is 0. The molecule has 0 atom stereocenters. The summed E-state index contributed by atoms with van der Waals surface area (Å²) in [7, 11) is -3.50. The molecular formula is C11H19N3O3S. The van der Waals surface area contributed by atoms with E-state index in [1.54, 1.807) is 0 Å². The van der Waals surface area contributed by atoms with E-state index >= 15 is 0 Å². The number of hydrogen-bond acceptors (Lipinski definition) is 5. The van der Waals surface area contributed by atoms with Crippen LogP contribution in [0.1, 0.15) is 19.8 Å². The first-order valence-corrected chi connectivity index (χ1v) is 7.33. The number of ether oxygens (including phenoxy) is 1. The average molecular weight is 273 g/mol. The smallest absolute Gasteiger partial charge is 0.240 e. The van der Waals surface area contributed by atoms with E-state index in [9.17, 15) is 8.42 Å². The standard InChI is InChI=1S/C11H19N3O3S/c1-2-7-17-8-3-5-14-18(15,16)10-4-6-13-11(12)9-10/h4,6,9,14H,2-3,5,7-8H2,1H3,(H2,12,13).